The molecule has 15 heteroatoms. The van der Waals surface area contributed by atoms with E-state index in [1.165, 1.54) is 19.3 Å². The SMILES string of the molecule is Nc1ncnc2c1c(-c1ccc(Oc3ccccc3)cc1)nn2[C@@H]1CCCN(CC2CCN(CCCN3CCN(c4ccc5c(c4)CN(C4CCC(=O)NC4=O)C5=O)CC3)CC2)C1. The molecular formula is C48H57N11O4. The number of piperidine rings is 3. The van der Waals surface area contributed by atoms with Crippen LogP contribution in [0.3, 0.4) is 0 Å². The van der Waals surface area contributed by atoms with Gasteiger partial charge in [0.15, 0.2) is 5.65 Å². The number of benzene rings is 3. The van der Waals surface area contributed by atoms with Crippen LogP contribution in [0, 0.1) is 5.92 Å². The molecule has 0 saturated carbocycles. The van der Waals surface area contributed by atoms with Gasteiger partial charge in [0, 0.05) is 69.0 Å². The number of amides is 3. The third-order valence-corrected chi connectivity index (χ3v) is 13.9. The maximum absolute atomic E-state index is 13.2. The quantitative estimate of drug-likeness (QED) is 0.159. The van der Waals surface area contributed by atoms with E-state index in [9.17, 15) is 14.4 Å². The maximum Gasteiger partial charge on any atom is 0.255 e. The summed E-state index contributed by atoms with van der Waals surface area (Å²) in [6.07, 6.45) is 8.02. The number of fused-ring (bicyclic) bond motifs is 2. The van der Waals surface area contributed by atoms with Gasteiger partial charge in [-0.15, -0.1) is 0 Å². The summed E-state index contributed by atoms with van der Waals surface area (Å²) in [5.74, 6) is 1.94. The van der Waals surface area contributed by atoms with Gasteiger partial charge in [0.2, 0.25) is 11.8 Å². The van der Waals surface area contributed by atoms with Crippen molar-refractivity contribution in [2.75, 3.05) is 82.6 Å². The highest BCUT2D eigenvalue weighted by molar-refractivity contribution is 6.05. The average molecular weight is 852 g/mol. The summed E-state index contributed by atoms with van der Waals surface area (Å²) in [6.45, 7) is 12.1. The normalized spacial score (nSPS) is 21.9. The molecule has 3 amide bonds. The van der Waals surface area contributed by atoms with Crippen molar-refractivity contribution in [2.45, 2.75) is 63.6 Å². The largest absolute Gasteiger partial charge is 0.457 e. The summed E-state index contributed by atoms with van der Waals surface area (Å²) < 4.78 is 8.15. The van der Waals surface area contributed by atoms with E-state index in [0.717, 1.165) is 130 Å². The number of rotatable bonds is 12. The Morgan fingerprint density at radius 3 is 2.32 bits per heavy atom. The van der Waals surface area contributed by atoms with Gasteiger partial charge in [0.1, 0.15) is 35.4 Å². The number of nitrogen functional groups attached to an aromatic ring is 1. The van der Waals surface area contributed by atoms with Crippen molar-refractivity contribution in [2.24, 2.45) is 5.92 Å². The van der Waals surface area contributed by atoms with Crippen LogP contribution in [0.5, 0.6) is 11.5 Å². The number of carbonyl (C=O) groups excluding carboxylic acids is 3. The van der Waals surface area contributed by atoms with Crippen molar-refractivity contribution in [3.8, 4) is 22.8 Å². The minimum Gasteiger partial charge on any atom is -0.457 e. The van der Waals surface area contributed by atoms with E-state index in [-0.39, 0.29) is 30.2 Å². The van der Waals surface area contributed by atoms with Gasteiger partial charge >= 0.3 is 0 Å². The molecule has 5 aliphatic rings. The van der Waals surface area contributed by atoms with Gasteiger partial charge in [0.25, 0.3) is 5.91 Å². The minimum absolute atomic E-state index is 0.123. The maximum atomic E-state index is 13.2. The third kappa shape index (κ3) is 8.86. The van der Waals surface area contributed by atoms with Gasteiger partial charge in [0.05, 0.1) is 11.4 Å². The smallest absolute Gasteiger partial charge is 0.255 e. The zero-order valence-corrected chi connectivity index (χ0v) is 35.9. The lowest BCUT2D eigenvalue weighted by Gasteiger charge is -2.39. The Hall–Kier alpha value is -5.90. The summed E-state index contributed by atoms with van der Waals surface area (Å²) in [4.78, 5) is 58.3. The van der Waals surface area contributed by atoms with E-state index in [1.54, 1.807) is 11.2 Å². The number of aromatic nitrogens is 4. The van der Waals surface area contributed by atoms with Crippen LogP contribution in [0.4, 0.5) is 11.5 Å². The Morgan fingerprint density at radius 2 is 1.54 bits per heavy atom. The second-order valence-corrected chi connectivity index (χ2v) is 18.0. The number of hydrogen-bond donors (Lipinski definition) is 2. The number of imide groups is 1. The highest BCUT2D eigenvalue weighted by Crippen LogP contribution is 2.36. The van der Waals surface area contributed by atoms with E-state index < -0.39 is 6.04 Å². The van der Waals surface area contributed by atoms with Crippen molar-refractivity contribution in [1.29, 1.82) is 0 Å². The lowest BCUT2D eigenvalue weighted by Crippen LogP contribution is -2.52. The Bertz CT molecular complexity index is 2440. The van der Waals surface area contributed by atoms with Crippen LogP contribution in [-0.4, -0.2) is 135 Å². The number of ether oxygens (including phenoxy) is 1. The fraction of sp³-hybridized carbons (Fsp3) is 0.458. The molecule has 0 bridgehead atoms. The first-order valence-electron chi connectivity index (χ1n) is 22.8. The van der Waals surface area contributed by atoms with Crippen molar-refractivity contribution >= 4 is 40.3 Å². The molecule has 0 aliphatic carbocycles. The standard InChI is InChI=1S/C48H57N11O4/c49-45-43-44(34-9-12-39(13-10-34)63-38-7-2-1-3-8-38)53-59(46(43)51-32-50-45)37-6-4-19-56(31-37)29-33-17-22-54(23-18-33)20-5-21-55-24-26-57(27-25-55)36-11-14-40-35(28-36)30-58(48(40)62)41-15-16-42(60)52-47(41)61/h1-3,7-14,28,32-33,37,41H,4-6,15-27,29-31H2,(H2,49,50,51)(H,52,60,61)/t37-,41?/m1/s1. The molecule has 0 spiro atoms. The van der Waals surface area contributed by atoms with Crippen LogP contribution in [0.25, 0.3) is 22.3 Å². The molecule has 5 aliphatic heterocycles. The molecule has 3 aromatic carbocycles. The molecule has 4 saturated heterocycles. The van der Waals surface area contributed by atoms with Gasteiger partial charge in [-0.1, -0.05) is 18.2 Å². The number of para-hydroxylation sites is 1. The predicted octanol–water partition coefficient (Wildman–Crippen LogP) is 5.19. The molecule has 7 heterocycles. The van der Waals surface area contributed by atoms with Crippen LogP contribution in [-0.2, 0) is 16.1 Å². The molecule has 328 valence electrons. The van der Waals surface area contributed by atoms with Crippen LogP contribution in [0.2, 0.25) is 0 Å². The number of likely N-dealkylation sites (tertiary alicyclic amines) is 2. The van der Waals surface area contributed by atoms with Gasteiger partial charge in [-0.3, -0.25) is 24.6 Å². The number of nitrogens with one attached hydrogen (secondary N) is 1. The van der Waals surface area contributed by atoms with Crippen molar-refractivity contribution in [1.82, 2.24) is 44.7 Å². The number of nitrogens with zero attached hydrogens (tertiary/aromatic N) is 9. The third-order valence-electron chi connectivity index (χ3n) is 13.9. The number of carbonyl (C=O) groups is 3. The lowest BCUT2D eigenvalue weighted by atomic mass is 9.94. The first-order valence-corrected chi connectivity index (χ1v) is 22.8. The molecule has 2 aromatic heterocycles. The number of nitrogens with two attached hydrogens (primary N) is 1. The summed E-state index contributed by atoms with van der Waals surface area (Å²) in [5, 5.41) is 8.38. The zero-order chi connectivity index (χ0) is 42.9. The van der Waals surface area contributed by atoms with Crippen LogP contribution < -0.4 is 20.7 Å². The van der Waals surface area contributed by atoms with Crippen molar-refractivity contribution in [3.05, 3.63) is 90.3 Å². The Labute approximate surface area is 368 Å². The number of anilines is 2. The molecule has 10 rings (SSSR count). The minimum atomic E-state index is -0.588. The topological polar surface area (TPSA) is 158 Å². The van der Waals surface area contributed by atoms with Crippen molar-refractivity contribution < 1.29 is 19.1 Å². The van der Waals surface area contributed by atoms with Crippen LogP contribution in [0.15, 0.2) is 79.1 Å². The van der Waals surface area contributed by atoms with Gasteiger partial charge in [-0.2, -0.15) is 5.10 Å². The monoisotopic (exact) mass is 851 g/mol. The second-order valence-electron chi connectivity index (χ2n) is 18.0. The fourth-order valence-corrected chi connectivity index (χ4v) is 10.4. The van der Waals surface area contributed by atoms with E-state index in [1.807, 2.05) is 66.7 Å². The number of hydrogen-bond acceptors (Lipinski definition) is 12. The van der Waals surface area contributed by atoms with Gasteiger partial charge in [-0.25, -0.2) is 14.6 Å². The Balaban J connectivity index is 0.669. The summed E-state index contributed by atoms with van der Waals surface area (Å²) in [5.41, 5.74) is 11.8. The molecule has 0 radical (unpaired) electrons. The van der Waals surface area contributed by atoms with E-state index in [0.29, 0.717) is 30.3 Å². The molecule has 63 heavy (non-hydrogen) atoms. The fourth-order valence-electron chi connectivity index (χ4n) is 10.4. The van der Waals surface area contributed by atoms with E-state index in [2.05, 4.69) is 40.6 Å². The van der Waals surface area contributed by atoms with Crippen LogP contribution >= 0.6 is 0 Å². The van der Waals surface area contributed by atoms with Gasteiger partial charge in [-0.05, 0) is 137 Å². The predicted molar refractivity (Wildman–Crippen MR) is 241 cm³/mol. The molecule has 15 nitrogen and oxygen atoms in total. The number of piperazine rings is 1. The lowest BCUT2D eigenvalue weighted by molar-refractivity contribution is -0.136. The highest BCUT2D eigenvalue weighted by atomic mass is 16.5. The Morgan fingerprint density at radius 1 is 0.778 bits per heavy atom. The Kier molecular flexibility index (Phi) is 11.8. The molecule has 2 atom stereocenters. The van der Waals surface area contributed by atoms with Crippen LogP contribution in [0.1, 0.15) is 66.9 Å². The molecular weight excluding hydrogens is 795 g/mol. The molecule has 4 fully saturated rings. The average Bonchev–Trinajstić information content (AvgIpc) is 3.86. The van der Waals surface area contributed by atoms with Crippen molar-refractivity contribution in [3.63, 3.8) is 0 Å². The molecule has 5 aromatic rings. The molecule has 3 N–H and O–H groups in total. The van der Waals surface area contributed by atoms with E-state index in [4.69, 9.17) is 20.6 Å². The van der Waals surface area contributed by atoms with E-state index >= 15 is 0 Å². The van der Waals surface area contributed by atoms with Gasteiger partial charge < -0.3 is 30.1 Å². The summed E-state index contributed by atoms with van der Waals surface area (Å²) >= 11 is 0. The molecule has 1 unspecified atom stereocenters. The summed E-state index contributed by atoms with van der Waals surface area (Å²) in [6, 6.07) is 23.5. The second kappa shape index (κ2) is 18.1. The zero-order valence-electron chi connectivity index (χ0n) is 35.9. The first kappa shape index (κ1) is 41.1. The summed E-state index contributed by atoms with van der Waals surface area (Å²) in [7, 11) is 0. The first-order chi connectivity index (χ1) is 30.8. The highest BCUT2D eigenvalue weighted by Gasteiger charge is 2.39.